The summed E-state index contributed by atoms with van der Waals surface area (Å²) in [5.41, 5.74) is 2.69. The number of nitrogens with zero attached hydrogens (tertiary/aromatic N) is 4. The Labute approximate surface area is 216 Å². The first kappa shape index (κ1) is 24.3. The number of carbonyl (C=O) groups excluding carboxylic acids is 2. The number of fused-ring (bicyclic) bond motifs is 1. The molecule has 0 aliphatic heterocycles. The fourth-order valence-corrected chi connectivity index (χ4v) is 5.17. The van der Waals surface area contributed by atoms with Gasteiger partial charge in [-0.1, -0.05) is 36.4 Å². The monoisotopic (exact) mass is 515 g/mol. The normalized spacial score (nSPS) is 12.0. The molecule has 0 aliphatic rings. The quantitative estimate of drug-likeness (QED) is 0.339. The Morgan fingerprint density at radius 3 is 2.27 bits per heavy atom. The van der Waals surface area contributed by atoms with E-state index in [9.17, 15) is 14.4 Å². The highest BCUT2D eigenvalue weighted by molar-refractivity contribution is 7.20. The molecule has 1 N–H and O–H groups in total. The number of esters is 1. The molecule has 5 rings (SSSR count). The van der Waals surface area contributed by atoms with E-state index in [4.69, 9.17) is 4.74 Å². The molecule has 3 aromatic heterocycles. The molecule has 10 heteroatoms. The zero-order chi connectivity index (χ0) is 26.3. The number of thiophene rings is 1. The van der Waals surface area contributed by atoms with Crippen LogP contribution < -0.4 is 10.9 Å². The van der Waals surface area contributed by atoms with Gasteiger partial charge in [-0.05, 0) is 51.1 Å². The number of ether oxygens (including phenoxy) is 1. The van der Waals surface area contributed by atoms with Gasteiger partial charge >= 0.3 is 5.97 Å². The van der Waals surface area contributed by atoms with E-state index in [0.29, 0.717) is 16.3 Å². The second kappa shape index (κ2) is 9.55. The molecule has 3 heterocycles. The van der Waals surface area contributed by atoms with E-state index in [-0.39, 0.29) is 11.2 Å². The lowest BCUT2D eigenvalue weighted by Crippen LogP contribution is -2.32. The number of hydrogen-bond acceptors (Lipinski definition) is 6. The van der Waals surface area contributed by atoms with Crippen molar-refractivity contribution in [1.29, 1.82) is 0 Å². The maximum atomic E-state index is 13.1. The molecule has 0 aliphatic carbocycles. The van der Waals surface area contributed by atoms with Gasteiger partial charge < -0.3 is 10.1 Å². The van der Waals surface area contributed by atoms with Gasteiger partial charge in [-0.3, -0.25) is 14.3 Å². The highest BCUT2D eigenvalue weighted by Crippen LogP contribution is 2.31. The maximum absolute atomic E-state index is 13.1. The summed E-state index contributed by atoms with van der Waals surface area (Å²) in [5, 5.41) is 8.07. The third kappa shape index (κ3) is 4.36. The molecule has 0 spiro atoms. The molecule has 5 aromatic rings. The zero-order valence-corrected chi connectivity index (χ0v) is 21.6. The third-order valence-electron chi connectivity index (χ3n) is 6.20. The Morgan fingerprint density at radius 2 is 1.62 bits per heavy atom. The number of para-hydroxylation sites is 2. The highest BCUT2D eigenvalue weighted by atomic mass is 32.1. The van der Waals surface area contributed by atoms with Crippen molar-refractivity contribution in [3.63, 3.8) is 0 Å². The topological polar surface area (TPSA) is 100 Å². The van der Waals surface area contributed by atoms with E-state index < -0.39 is 18.0 Å². The molecule has 0 radical (unpaired) electrons. The molecule has 9 nitrogen and oxygen atoms in total. The van der Waals surface area contributed by atoms with Crippen LogP contribution in [0.5, 0.6) is 0 Å². The van der Waals surface area contributed by atoms with Crippen molar-refractivity contribution in [1.82, 2.24) is 19.1 Å². The number of rotatable bonds is 6. The Hall–Kier alpha value is -4.44. The lowest BCUT2D eigenvalue weighted by atomic mass is 10.3. The van der Waals surface area contributed by atoms with Crippen molar-refractivity contribution in [2.45, 2.75) is 26.9 Å². The van der Waals surface area contributed by atoms with Crippen molar-refractivity contribution in [2.75, 3.05) is 5.32 Å². The van der Waals surface area contributed by atoms with Crippen LogP contribution >= 0.6 is 11.3 Å². The Balaban J connectivity index is 1.34. The van der Waals surface area contributed by atoms with Crippen molar-refractivity contribution < 1.29 is 14.3 Å². The second-order valence-corrected chi connectivity index (χ2v) is 9.67. The number of carbonyl (C=O) groups is 2. The van der Waals surface area contributed by atoms with Gasteiger partial charge in [0.2, 0.25) is 0 Å². The van der Waals surface area contributed by atoms with Crippen molar-refractivity contribution >= 4 is 39.1 Å². The molecule has 1 atom stereocenters. The predicted octanol–water partition coefficient (Wildman–Crippen LogP) is 4.38. The molecule has 0 saturated heterocycles. The number of aromatic nitrogens is 4. The van der Waals surface area contributed by atoms with Crippen LogP contribution in [0.2, 0.25) is 0 Å². The first-order valence-corrected chi connectivity index (χ1v) is 12.5. The number of amides is 1. The van der Waals surface area contributed by atoms with Crippen LogP contribution in [0.3, 0.4) is 0 Å². The minimum Gasteiger partial charge on any atom is -0.448 e. The first-order chi connectivity index (χ1) is 17.8. The summed E-state index contributed by atoms with van der Waals surface area (Å²) in [5.74, 6) is -1.21. The van der Waals surface area contributed by atoms with Gasteiger partial charge in [0.05, 0.1) is 22.8 Å². The van der Waals surface area contributed by atoms with Gasteiger partial charge in [-0.25, -0.2) is 14.2 Å². The zero-order valence-electron chi connectivity index (χ0n) is 20.8. The smallest absolute Gasteiger partial charge is 0.349 e. The summed E-state index contributed by atoms with van der Waals surface area (Å²) in [6, 6.07) is 20.5. The number of aryl methyl sites for hydroxylation is 1. The van der Waals surface area contributed by atoms with Gasteiger partial charge in [0.25, 0.3) is 11.5 Å². The summed E-state index contributed by atoms with van der Waals surface area (Å²) in [6.07, 6.45) is -1.12. The molecule has 0 bridgehead atoms. The van der Waals surface area contributed by atoms with Crippen LogP contribution in [0, 0.1) is 13.8 Å². The van der Waals surface area contributed by atoms with Crippen molar-refractivity contribution in [3.8, 4) is 11.4 Å². The summed E-state index contributed by atoms with van der Waals surface area (Å²) >= 11 is 1.25. The minimum atomic E-state index is -1.12. The molecule has 1 amide bonds. The van der Waals surface area contributed by atoms with Crippen LogP contribution in [-0.2, 0) is 16.6 Å². The fourth-order valence-electron chi connectivity index (χ4n) is 4.10. The lowest BCUT2D eigenvalue weighted by molar-refractivity contribution is -0.123. The molecule has 0 unspecified atom stereocenters. The van der Waals surface area contributed by atoms with E-state index in [0.717, 1.165) is 21.6 Å². The maximum Gasteiger partial charge on any atom is 0.349 e. The Kier molecular flexibility index (Phi) is 6.26. The Morgan fingerprint density at radius 1 is 1.00 bits per heavy atom. The van der Waals surface area contributed by atoms with Crippen molar-refractivity contribution in [3.05, 3.63) is 93.3 Å². The molecular formula is C27H25N5O4S. The molecular weight excluding hydrogens is 490 g/mol. The molecule has 0 fully saturated rings. The van der Waals surface area contributed by atoms with Crippen LogP contribution in [0.25, 0.3) is 21.6 Å². The van der Waals surface area contributed by atoms with E-state index >= 15 is 0 Å². The summed E-state index contributed by atoms with van der Waals surface area (Å²) < 4.78 is 10.4. The number of benzene rings is 2. The number of nitrogens with one attached hydrogen (secondary N) is 1. The van der Waals surface area contributed by atoms with Gasteiger partial charge in [0, 0.05) is 12.4 Å². The first-order valence-electron chi connectivity index (χ1n) is 11.7. The van der Waals surface area contributed by atoms with Crippen LogP contribution in [-0.4, -0.2) is 37.1 Å². The fraction of sp³-hybridized carbons (Fsp3) is 0.185. The summed E-state index contributed by atoms with van der Waals surface area (Å²) in [6.45, 7) is 5.10. The van der Waals surface area contributed by atoms with E-state index in [1.807, 2.05) is 55.5 Å². The molecule has 2 aromatic carbocycles. The largest absolute Gasteiger partial charge is 0.448 e. The molecule has 37 heavy (non-hydrogen) atoms. The second-order valence-electron chi connectivity index (χ2n) is 8.64. The van der Waals surface area contributed by atoms with Crippen molar-refractivity contribution in [2.24, 2.45) is 7.05 Å². The standard InChI is InChI=1S/C27H25N5O4S/c1-16-21-15-22(37-26(21)31(29-16)19-11-7-5-8-12-19)27(35)36-18(3)24(33)28-23-17(2)30(4)32(25(23)34)20-13-9-6-10-14-20/h5-15,18H,1-4H3,(H,28,33)/t18-/m0/s1. The average Bonchev–Trinajstić information content (AvgIpc) is 3.53. The van der Waals surface area contributed by atoms with Gasteiger partial charge in [0.1, 0.15) is 15.4 Å². The van der Waals surface area contributed by atoms with Gasteiger partial charge in [-0.2, -0.15) is 5.10 Å². The van der Waals surface area contributed by atoms with Crippen LogP contribution in [0.1, 0.15) is 28.0 Å². The summed E-state index contributed by atoms with van der Waals surface area (Å²) in [4.78, 5) is 40.1. The van der Waals surface area contributed by atoms with Gasteiger partial charge in [-0.15, -0.1) is 11.3 Å². The van der Waals surface area contributed by atoms with E-state index in [1.165, 1.54) is 22.9 Å². The molecule has 188 valence electrons. The highest BCUT2D eigenvalue weighted by Gasteiger charge is 2.25. The van der Waals surface area contributed by atoms with Crippen LogP contribution in [0.4, 0.5) is 5.69 Å². The van der Waals surface area contributed by atoms with E-state index in [1.54, 1.807) is 41.5 Å². The van der Waals surface area contributed by atoms with Gasteiger partial charge in [0.15, 0.2) is 6.10 Å². The average molecular weight is 516 g/mol. The SMILES string of the molecule is Cc1nn(-c2ccccc2)c2sc(C(=O)O[C@@H](C)C(=O)Nc3c(C)n(C)n(-c4ccccc4)c3=O)cc12. The number of anilines is 1. The van der Waals surface area contributed by atoms with E-state index in [2.05, 4.69) is 10.4 Å². The number of hydrogen-bond donors (Lipinski definition) is 1. The lowest BCUT2D eigenvalue weighted by Gasteiger charge is -2.12. The minimum absolute atomic E-state index is 0.139. The molecule has 0 saturated carbocycles. The third-order valence-corrected chi connectivity index (χ3v) is 7.29. The van der Waals surface area contributed by atoms with Crippen LogP contribution in [0.15, 0.2) is 71.5 Å². The predicted molar refractivity (Wildman–Crippen MR) is 143 cm³/mol. The Bertz CT molecular complexity index is 1680. The summed E-state index contributed by atoms with van der Waals surface area (Å²) in [7, 11) is 1.74.